The molecule has 1 aliphatic rings. The standard InChI is InChI=1S/C12H21NOS/c1-11(2)12(14)5-3-4-6-13-7-9-15-10-8-13/h1,3-10H2,2H3. The van der Waals surface area contributed by atoms with Gasteiger partial charge in [0.2, 0.25) is 0 Å². The van der Waals surface area contributed by atoms with E-state index in [1.54, 1.807) is 6.92 Å². The van der Waals surface area contributed by atoms with Crippen LogP contribution in [0, 0.1) is 0 Å². The fourth-order valence-electron chi connectivity index (χ4n) is 1.66. The van der Waals surface area contributed by atoms with E-state index in [1.807, 2.05) is 11.8 Å². The third kappa shape index (κ3) is 5.38. The second-order valence-corrected chi connectivity index (χ2v) is 5.34. The highest BCUT2D eigenvalue weighted by atomic mass is 32.2. The topological polar surface area (TPSA) is 20.3 Å². The van der Waals surface area contributed by atoms with Gasteiger partial charge in [-0.25, -0.2) is 0 Å². The van der Waals surface area contributed by atoms with Gasteiger partial charge >= 0.3 is 0 Å². The van der Waals surface area contributed by atoms with Crippen molar-refractivity contribution >= 4 is 17.5 Å². The van der Waals surface area contributed by atoms with Gasteiger partial charge in [0, 0.05) is 31.0 Å². The summed E-state index contributed by atoms with van der Waals surface area (Å²) < 4.78 is 0. The van der Waals surface area contributed by atoms with Gasteiger partial charge in [-0.1, -0.05) is 6.58 Å². The van der Waals surface area contributed by atoms with Crippen molar-refractivity contribution in [3.63, 3.8) is 0 Å². The molecule has 0 unspecified atom stereocenters. The van der Waals surface area contributed by atoms with Crippen molar-refractivity contribution in [1.29, 1.82) is 0 Å². The number of ketones is 1. The molecule has 0 aromatic rings. The van der Waals surface area contributed by atoms with E-state index >= 15 is 0 Å². The molecule has 0 N–H and O–H groups in total. The highest BCUT2D eigenvalue weighted by Gasteiger charge is 2.09. The Labute approximate surface area is 97.1 Å². The van der Waals surface area contributed by atoms with Crippen LogP contribution in [-0.2, 0) is 4.79 Å². The monoisotopic (exact) mass is 227 g/mol. The van der Waals surface area contributed by atoms with Crippen molar-refractivity contribution in [1.82, 2.24) is 4.90 Å². The first-order chi connectivity index (χ1) is 7.20. The van der Waals surface area contributed by atoms with Gasteiger partial charge in [0.25, 0.3) is 0 Å². The molecule has 0 radical (unpaired) electrons. The maximum Gasteiger partial charge on any atom is 0.157 e. The fourth-order valence-corrected chi connectivity index (χ4v) is 2.64. The smallest absolute Gasteiger partial charge is 0.157 e. The highest BCUT2D eigenvalue weighted by Crippen LogP contribution is 2.10. The van der Waals surface area contributed by atoms with E-state index in [4.69, 9.17) is 0 Å². The molecule has 1 aliphatic heterocycles. The van der Waals surface area contributed by atoms with E-state index in [0.717, 1.165) is 19.4 Å². The zero-order chi connectivity index (χ0) is 11.1. The summed E-state index contributed by atoms with van der Waals surface area (Å²) in [7, 11) is 0. The van der Waals surface area contributed by atoms with Gasteiger partial charge in [-0.15, -0.1) is 0 Å². The third-order valence-corrected chi connectivity index (χ3v) is 3.65. The number of allylic oxidation sites excluding steroid dienone is 1. The zero-order valence-electron chi connectivity index (χ0n) is 9.63. The first kappa shape index (κ1) is 12.8. The maximum absolute atomic E-state index is 11.3. The number of rotatable bonds is 6. The summed E-state index contributed by atoms with van der Waals surface area (Å²) in [6, 6.07) is 0. The first-order valence-corrected chi connectivity index (χ1v) is 6.84. The summed E-state index contributed by atoms with van der Waals surface area (Å²) in [5, 5.41) is 0. The molecule has 0 amide bonds. The Balaban J connectivity index is 2.01. The van der Waals surface area contributed by atoms with Crippen LogP contribution < -0.4 is 0 Å². The Kier molecular flexibility index (Phi) is 6.03. The molecule has 0 saturated carbocycles. The number of hydrogen-bond acceptors (Lipinski definition) is 3. The van der Waals surface area contributed by atoms with E-state index in [2.05, 4.69) is 11.5 Å². The minimum atomic E-state index is 0.226. The Morgan fingerprint density at radius 1 is 1.33 bits per heavy atom. The van der Waals surface area contributed by atoms with Crippen molar-refractivity contribution in [2.75, 3.05) is 31.1 Å². The lowest BCUT2D eigenvalue weighted by atomic mass is 10.1. The molecule has 1 rings (SSSR count). The number of carbonyl (C=O) groups is 1. The lowest BCUT2D eigenvalue weighted by Gasteiger charge is -2.25. The SMILES string of the molecule is C=C(C)C(=O)CCCCN1CCSCC1. The van der Waals surface area contributed by atoms with Crippen LogP contribution in [0.25, 0.3) is 0 Å². The third-order valence-electron chi connectivity index (χ3n) is 2.71. The van der Waals surface area contributed by atoms with Crippen LogP contribution in [0.5, 0.6) is 0 Å². The molecule has 0 bridgehead atoms. The molecule has 1 saturated heterocycles. The minimum Gasteiger partial charge on any atom is -0.302 e. The van der Waals surface area contributed by atoms with Gasteiger partial charge in [-0.05, 0) is 31.9 Å². The Morgan fingerprint density at radius 2 is 2.00 bits per heavy atom. The van der Waals surface area contributed by atoms with Crippen LogP contribution in [0.4, 0.5) is 0 Å². The van der Waals surface area contributed by atoms with Crippen LogP contribution >= 0.6 is 11.8 Å². The molecule has 1 fully saturated rings. The van der Waals surface area contributed by atoms with Crippen molar-refractivity contribution in [3.8, 4) is 0 Å². The van der Waals surface area contributed by atoms with Crippen molar-refractivity contribution in [2.24, 2.45) is 0 Å². The molecule has 86 valence electrons. The summed E-state index contributed by atoms with van der Waals surface area (Å²) >= 11 is 2.04. The lowest BCUT2D eigenvalue weighted by molar-refractivity contribution is -0.115. The van der Waals surface area contributed by atoms with Crippen LogP contribution in [0.2, 0.25) is 0 Å². The molecule has 3 heteroatoms. The number of thioether (sulfide) groups is 1. The first-order valence-electron chi connectivity index (χ1n) is 5.69. The quantitative estimate of drug-likeness (QED) is 0.513. The molecule has 0 aromatic carbocycles. The summed E-state index contributed by atoms with van der Waals surface area (Å²) in [4.78, 5) is 13.8. The number of hydrogen-bond donors (Lipinski definition) is 0. The van der Waals surface area contributed by atoms with E-state index < -0.39 is 0 Å². The molecule has 0 aliphatic carbocycles. The summed E-state index contributed by atoms with van der Waals surface area (Å²) in [5.41, 5.74) is 0.698. The molecular weight excluding hydrogens is 206 g/mol. The normalized spacial score (nSPS) is 17.7. The van der Waals surface area contributed by atoms with Crippen molar-refractivity contribution in [3.05, 3.63) is 12.2 Å². The van der Waals surface area contributed by atoms with E-state index in [1.165, 1.54) is 24.6 Å². The molecule has 0 aromatic heterocycles. The molecule has 2 nitrogen and oxygen atoms in total. The molecule has 1 heterocycles. The lowest BCUT2D eigenvalue weighted by Crippen LogP contribution is -2.33. The van der Waals surface area contributed by atoms with E-state index in [0.29, 0.717) is 12.0 Å². The van der Waals surface area contributed by atoms with Crippen LogP contribution in [0.15, 0.2) is 12.2 Å². The number of unbranched alkanes of at least 4 members (excludes halogenated alkanes) is 1. The average Bonchev–Trinajstić information content (AvgIpc) is 2.25. The summed E-state index contributed by atoms with van der Waals surface area (Å²) in [6.45, 7) is 9.06. The van der Waals surface area contributed by atoms with Crippen LogP contribution in [0.3, 0.4) is 0 Å². The average molecular weight is 227 g/mol. The molecule has 0 atom stereocenters. The Bertz CT molecular complexity index is 222. The predicted molar refractivity (Wildman–Crippen MR) is 67.4 cm³/mol. The predicted octanol–water partition coefficient (Wildman–Crippen LogP) is 2.35. The minimum absolute atomic E-state index is 0.226. The van der Waals surface area contributed by atoms with Crippen molar-refractivity contribution in [2.45, 2.75) is 26.2 Å². The molecule has 15 heavy (non-hydrogen) atoms. The number of nitrogens with zero attached hydrogens (tertiary/aromatic N) is 1. The Morgan fingerprint density at radius 3 is 2.60 bits per heavy atom. The van der Waals surface area contributed by atoms with Crippen LogP contribution in [-0.4, -0.2) is 41.8 Å². The highest BCUT2D eigenvalue weighted by molar-refractivity contribution is 7.99. The maximum atomic E-state index is 11.3. The Hall–Kier alpha value is -0.280. The van der Waals surface area contributed by atoms with E-state index in [-0.39, 0.29) is 5.78 Å². The zero-order valence-corrected chi connectivity index (χ0v) is 10.4. The van der Waals surface area contributed by atoms with Crippen molar-refractivity contribution < 1.29 is 4.79 Å². The van der Waals surface area contributed by atoms with Gasteiger partial charge in [0.05, 0.1) is 0 Å². The largest absolute Gasteiger partial charge is 0.302 e. The van der Waals surface area contributed by atoms with Gasteiger partial charge in [0.1, 0.15) is 0 Å². The van der Waals surface area contributed by atoms with E-state index in [9.17, 15) is 4.79 Å². The van der Waals surface area contributed by atoms with Crippen LogP contribution in [0.1, 0.15) is 26.2 Å². The van der Waals surface area contributed by atoms with Gasteiger partial charge in [-0.3, -0.25) is 4.79 Å². The second-order valence-electron chi connectivity index (χ2n) is 4.11. The number of carbonyl (C=O) groups excluding carboxylic acids is 1. The second kappa shape index (κ2) is 7.07. The van der Waals surface area contributed by atoms with Gasteiger partial charge in [0.15, 0.2) is 5.78 Å². The number of Topliss-reactive ketones (excluding diaryl/α,β-unsaturated/α-hetero) is 1. The summed E-state index contributed by atoms with van der Waals surface area (Å²) in [6.07, 6.45) is 2.83. The van der Waals surface area contributed by atoms with Gasteiger partial charge in [-0.2, -0.15) is 11.8 Å². The molecular formula is C12H21NOS. The fraction of sp³-hybridized carbons (Fsp3) is 0.750. The summed E-state index contributed by atoms with van der Waals surface area (Å²) in [5.74, 6) is 2.76. The van der Waals surface area contributed by atoms with Gasteiger partial charge < -0.3 is 4.90 Å². The molecule has 0 spiro atoms.